The van der Waals surface area contributed by atoms with Crippen LogP contribution in [0.2, 0.25) is 0 Å². The fourth-order valence-electron chi connectivity index (χ4n) is 5.72. The Balaban J connectivity index is 1.60. The van der Waals surface area contributed by atoms with Crippen LogP contribution in [-0.4, -0.2) is 88.1 Å². The van der Waals surface area contributed by atoms with Gasteiger partial charge in [-0.2, -0.15) is 0 Å². The molecule has 0 aliphatic carbocycles. The molecular weight excluding hydrogens is 588 g/mol. The predicted octanol–water partition coefficient (Wildman–Crippen LogP) is 4.72. The predicted molar refractivity (Wildman–Crippen MR) is 177 cm³/mol. The van der Waals surface area contributed by atoms with Crippen LogP contribution in [0.15, 0.2) is 24.3 Å². The van der Waals surface area contributed by atoms with Crippen LogP contribution < -0.4 is 19.7 Å². The van der Waals surface area contributed by atoms with Gasteiger partial charge in [0.15, 0.2) is 5.78 Å². The summed E-state index contributed by atoms with van der Waals surface area (Å²) in [6, 6.07) is 7.30. The Kier molecular flexibility index (Phi) is 11.7. The average molecular weight is 637 g/mol. The number of anilines is 1. The monoisotopic (exact) mass is 636 g/mol. The van der Waals surface area contributed by atoms with Crippen molar-refractivity contribution in [3.63, 3.8) is 0 Å². The Bertz CT molecular complexity index is 1440. The minimum atomic E-state index is -0.333. The molecule has 2 aromatic carbocycles. The fraction of sp³-hybridized carbons (Fsp3) is 0.543. The van der Waals surface area contributed by atoms with Crippen LogP contribution >= 0.6 is 0 Å². The number of carbonyl (C=O) groups excluding carboxylic acids is 3. The number of esters is 1. The van der Waals surface area contributed by atoms with Crippen LogP contribution in [0, 0.1) is 5.41 Å². The third-order valence-corrected chi connectivity index (χ3v) is 8.12. The first-order chi connectivity index (χ1) is 22.0. The molecule has 0 aromatic heterocycles. The molecule has 0 unspecified atom stereocenters. The number of ketones is 1. The number of hydrogen-bond acceptors (Lipinski definition) is 9. The highest BCUT2D eigenvalue weighted by molar-refractivity contribution is 6.08. The first-order valence-electron chi connectivity index (χ1n) is 16.2. The molecule has 1 fully saturated rings. The first kappa shape index (κ1) is 34.7. The fourth-order valence-corrected chi connectivity index (χ4v) is 5.72. The first-order valence-corrected chi connectivity index (χ1v) is 16.2. The van der Waals surface area contributed by atoms with Crippen molar-refractivity contribution in [2.24, 2.45) is 0 Å². The van der Waals surface area contributed by atoms with E-state index in [2.05, 4.69) is 31.0 Å². The lowest BCUT2D eigenvalue weighted by atomic mass is 9.84. The van der Waals surface area contributed by atoms with E-state index in [1.807, 2.05) is 19.1 Å². The lowest BCUT2D eigenvalue weighted by molar-refractivity contribution is -0.143. The number of fused-ring (bicyclic) bond motifs is 1. The lowest BCUT2D eigenvalue weighted by Crippen LogP contribution is -2.37. The zero-order valence-corrected chi connectivity index (χ0v) is 28.0. The number of hydrogen-bond donors (Lipinski definition) is 2. The zero-order chi connectivity index (χ0) is 33.4. The van der Waals surface area contributed by atoms with Crippen molar-refractivity contribution in [1.29, 1.82) is 5.41 Å². The number of ether oxygens (including phenoxy) is 4. The summed E-state index contributed by atoms with van der Waals surface area (Å²) >= 11 is 0. The van der Waals surface area contributed by atoms with Crippen LogP contribution in [0.4, 0.5) is 5.69 Å². The normalized spacial score (nSPS) is 14.6. The quantitative estimate of drug-likeness (QED) is 0.172. The number of rotatable bonds is 14. The molecule has 4 rings (SSSR count). The summed E-state index contributed by atoms with van der Waals surface area (Å²) in [5, 5.41) is 11.5. The number of unbranched alkanes of at least 4 members (excludes halogenated alkanes) is 1. The van der Waals surface area contributed by atoms with Gasteiger partial charge in [-0.15, -0.1) is 0 Å². The SMILES string of the molecule is CCOC(=O)CCCCOc1c(N2CCOCC2)cc(C(=O)CN2Cc3cc(OCC)c(C(=O)NC)cc3C2=N)cc1C(C)(C)C. The number of Topliss-reactive ketones (excluding diaryl/α,β-unsaturated/α-hetero) is 1. The lowest BCUT2D eigenvalue weighted by Gasteiger charge is -2.34. The molecule has 0 bridgehead atoms. The van der Waals surface area contributed by atoms with E-state index in [0.29, 0.717) is 94.4 Å². The molecule has 1 amide bonds. The summed E-state index contributed by atoms with van der Waals surface area (Å²) in [7, 11) is 1.56. The van der Waals surface area contributed by atoms with Crippen LogP contribution in [0.1, 0.15) is 91.3 Å². The van der Waals surface area contributed by atoms with Crippen molar-refractivity contribution in [3.8, 4) is 11.5 Å². The van der Waals surface area contributed by atoms with Crippen molar-refractivity contribution in [1.82, 2.24) is 10.2 Å². The molecule has 11 heteroatoms. The molecule has 250 valence electrons. The smallest absolute Gasteiger partial charge is 0.305 e. The Morgan fingerprint density at radius 1 is 1.00 bits per heavy atom. The van der Waals surface area contributed by atoms with Gasteiger partial charge in [0.2, 0.25) is 0 Å². The van der Waals surface area contributed by atoms with Crippen LogP contribution in [-0.2, 0) is 26.2 Å². The zero-order valence-electron chi connectivity index (χ0n) is 28.0. The minimum Gasteiger partial charge on any atom is -0.493 e. The van der Waals surface area contributed by atoms with Gasteiger partial charge in [0.05, 0.1) is 50.8 Å². The summed E-state index contributed by atoms with van der Waals surface area (Å²) < 4.78 is 22.8. The topological polar surface area (TPSA) is 130 Å². The molecule has 2 heterocycles. The van der Waals surface area contributed by atoms with E-state index in [1.54, 1.807) is 31.0 Å². The van der Waals surface area contributed by atoms with E-state index in [0.717, 1.165) is 22.6 Å². The number of carbonyl (C=O) groups is 3. The minimum absolute atomic E-state index is 0.00693. The molecule has 2 aliphatic rings. The Morgan fingerprint density at radius 2 is 1.74 bits per heavy atom. The third kappa shape index (κ3) is 8.17. The Hall–Kier alpha value is -4.12. The van der Waals surface area contributed by atoms with Gasteiger partial charge in [-0.25, -0.2) is 0 Å². The van der Waals surface area contributed by atoms with Gasteiger partial charge in [-0.3, -0.25) is 19.8 Å². The van der Waals surface area contributed by atoms with E-state index in [9.17, 15) is 14.4 Å². The number of amides is 1. The number of nitrogens with zero attached hydrogens (tertiary/aromatic N) is 2. The highest BCUT2D eigenvalue weighted by atomic mass is 16.5. The number of nitrogens with one attached hydrogen (secondary N) is 2. The maximum atomic E-state index is 14.0. The molecule has 0 spiro atoms. The van der Waals surface area contributed by atoms with Crippen molar-refractivity contribution in [2.75, 3.05) is 64.6 Å². The van der Waals surface area contributed by atoms with Crippen LogP contribution in [0.3, 0.4) is 0 Å². The van der Waals surface area contributed by atoms with Crippen molar-refractivity contribution in [2.45, 2.75) is 65.8 Å². The summed E-state index contributed by atoms with van der Waals surface area (Å²) in [5.41, 5.74) is 3.80. The molecule has 46 heavy (non-hydrogen) atoms. The Labute approximate surface area is 272 Å². The molecule has 2 N–H and O–H groups in total. The summed E-state index contributed by atoms with van der Waals surface area (Å²) in [5.74, 6) is 0.793. The van der Waals surface area contributed by atoms with E-state index in [-0.39, 0.29) is 35.5 Å². The van der Waals surface area contributed by atoms with E-state index >= 15 is 0 Å². The van der Waals surface area contributed by atoms with E-state index in [4.69, 9.17) is 24.4 Å². The summed E-state index contributed by atoms with van der Waals surface area (Å²) in [6.07, 6.45) is 1.70. The van der Waals surface area contributed by atoms with Crippen LogP contribution in [0.25, 0.3) is 0 Å². The van der Waals surface area contributed by atoms with E-state index in [1.165, 1.54) is 0 Å². The second-order valence-corrected chi connectivity index (χ2v) is 12.5. The van der Waals surface area contributed by atoms with Gasteiger partial charge in [0, 0.05) is 49.8 Å². The van der Waals surface area contributed by atoms with E-state index < -0.39 is 0 Å². The number of amidine groups is 1. The molecule has 11 nitrogen and oxygen atoms in total. The second-order valence-electron chi connectivity index (χ2n) is 12.5. The molecular formula is C35H48N4O7. The summed E-state index contributed by atoms with van der Waals surface area (Å²) in [6.45, 7) is 14.0. The van der Waals surface area contributed by atoms with Crippen molar-refractivity contribution < 1.29 is 33.3 Å². The highest BCUT2D eigenvalue weighted by Gasteiger charge is 2.31. The van der Waals surface area contributed by atoms with Gasteiger partial charge in [-0.1, -0.05) is 20.8 Å². The molecule has 1 saturated heterocycles. The van der Waals surface area contributed by atoms with Crippen molar-refractivity contribution >= 4 is 29.2 Å². The van der Waals surface area contributed by atoms with Crippen LogP contribution in [0.5, 0.6) is 11.5 Å². The molecule has 0 saturated carbocycles. The largest absolute Gasteiger partial charge is 0.493 e. The standard InChI is InChI=1S/C35H48N4O7/c1-7-44-30-19-24-21-39(33(36)25(24)20-26(30)34(42)37-6)22-29(40)23-17-27(35(3,4)5)32(28(18-23)38-12-15-43-16-13-38)46-14-10-9-11-31(41)45-8-2/h17-20,36H,7-16,21-22H2,1-6H3,(H,37,42). The van der Waals surface area contributed by atoms with Gasteiger partial charge in [0.1, 0.15) is 17.3 Å². The molecule has 2 aliphatic heterocycles. The summed E-state index contributed by atoms with van der Waals surface area (Å²) in [4.78, 5) is 42.2. The number of benzene rings is 2. The second kappa shape index (κ2) is 15.4. The maximum Gasteiger partial charge on any atom is 0.305 e. The number of morpholine rings is 1. The molecule has 0 atom stereocenters. The van der Waals surface area contributed by atoms with Gasteiger partial charge in [0.25, 0.3) is 5.91 Å². The van der Waals surface area contributed by atoms with Gasteiger partial charge >= 0.3 is 5.97 Å². The highest BCUT2D eigenvalue weighted by Crippen LogP contribution is 2.41. The Morgan fingerprint density at radius 3 is 2.39 bits per heavy atom. The third-order valence-electron chi connectivity index (χ3n) is 8.12. The van der Waals surface area contributed by atoms with Gasteiger partial charge in [-0.05, 0) is 61.9 Å². The van der Waals surface area contributed by atoms with Crippen molar-refractivity contribution in [3.05, 3.63) is 52.1 Å². The molecule has 0 radical (unpaired) electrons. The maximum absolute atomic E-state index is 14.0. The molecule has 2 aromatic rings. The van der Waals surface area contributed by atoms with Gasteiger partial charge < -0.3 is 34.1 Å². The average Bonchev–Trinajstić information content (AvgIpc) is 3.33.